The second-order valence-electron chi connectivity index (χ2n) is 7.11. The van der Waals surface area contributed by atoms with E-state index in [1.165, 1.54) is 6.21 Å². The maximum Gasteiger partial charge on any atom is 0.258 e. The molecule has 8 nitrogen and oxygen atoms in total. The topological polar surface area (TPSA) is 116 Å². The van der Waals surface area contributed by atoms with E-state index in [4.69, 9.17) is 17.4 Å². The van der Waals surface area contributed by atoms with Gasteiger partial charge < -0.3 is 21.0 Å². The fraction of sp³-hybridized carbons (Fsp3) is 0.182. The van der Waals surface area contributed by atoms with Crippen molar-refractivity contribution in [3.8, 4) is 0 Å². The number of pyridine rings is 1. The standard InChI is InChI=1S/C22H21ClN6O2/c23-16-3-6-19-15(11-16)12-18(21(30)27-19)20(28-24)13-26-17-4-1-14(2-5-17)22(31)29-9-7-25-8-10-29/h1-6,11-13,25H,7-10,24H2,(H,27,30). The summed E-state index contributed by atoms with van der Waals surface area (Å²) in [5.74, 6) is 5.52. The maximum absolute atomic E-state index is 12.6. The number of aromatic amines is 1. The predicted octanol–water partition coefficient (Wildman–Crippen LogP) is 2.29. The molecule has 0 unspecified atom stereocenters. The summed E-state index contributed by atoms with van der Waals surface area (Å²) in [7, 11) is 0. The molecule has 1 aromatic heterocycles. The number of amides is 1. The van der Waals surface area contributed by atoms with Gasteiger partial charge in [-0.1, -0.05) is 11.6 Å². The Morgan fingerprint density at radius 3 is 2.55 bits per heavy atom. The van der Waals surface area contributed by atoms with Gasteiger partial charge in [-0.25, -0.2) is 0 Å². The zero-order chi connectivity index (χ0) is 21.8. The second kappa shape index (κ2) is 9.11. The number of nitrogens with two attached hydrogens (primary N) is 1. The number of hydrazone groups is 1. The van der Waals surface area contributed by atoms with Gasteiger partial charge >= 0.3 is 0 Å². The van der Waals surface area contributed by atoms with Crippen LogP contribution in [0.2, 0.25) is 5.02 Å². The molecule has 0 radical (unpaired) electrons. The number of nitrogens with zero attached hydrogens (tertiary/aromatic N) is 3. The Morgan fingerprint density at radius 1 is 1.10 bits per heavy atom. The molecule has 158 valence electrons. The van der Waals surface area contributed by atoms with E-state index in [-0.39, 0.29) is 22.7 Å². The number of nitrogens with one attached hydrogen (secondary N) is 2. The molecule has 1 amide bonds. The molecule has 1 aliphatic heterocycles. The molecule has 4 N–H and O–H groups in total. The van der Waals surface area contributed by atoms with Crippen molar-refractivity contribution in [1.29, 1.82) is 0 Å². The number of hydrogen-bond acceptors (Lipinski definition) is 6. The van der Waals surface area contributed by atoms with Crippen molar-refractivity contribution in [1.82, 2.24) is 15.2 Å². The summed E-state index contributed by atoms with van der Waals surface area (Å²) in [6.07, 6.45) is 1.42. The number of carbonyl (C=O) groups is 1. The molecule has 1 aliphatic rings. The Balaban J connectivity index is 1.54. The molecule has 4 rings (SSSR count). The first-order chi connectivity index (χ1) is 15.0. The molecular weight excluding hydrogens is 416 g/mol. The summed E-state index contributed by atoms with van der Waals surface area (Å²) < 4.78 is 0. The Hall–Kier alpha value is -3.49. The van der Waals surface area contributed by atoms with Crippen LogP contribution in [-0.4, -0.2) is 53.9 Å². The van der Waals surface area contributed by atoms with Gasteiger partial charge in [0.15, 0.2) is 0 Å². The summed E-state index contributed by atoms with van der Waals surface area (Å²) in [5.41, 5.74) is 2.06. The van der Waals surface area contributed by atoms with Crippen LogP contribution in [0.1, 0.15) is 15.9 Å². The summed E-state index contributed by atoms with van der Waals surface area (Å²) in [6, 6.07) is 13.8. The van der Waals surface area contributed by atoms with E-state index in [2.05, 4.69) is 20.4 Å². The molecule has 0 bridgehead atoms. The third-order valence-electron chi connectivity index (χ3n) is 5.08. The van der Waals surface area contributed by atoms with Gasteiger partial charge in [-0.3, -0.25) is 14.6 Å². The van der Waals surface area contributed by atoms with Crippen LogP contribution in [0.15, 0.2) is 63.4 Å². The minimum Gasteiger partial charge on any atom is -0.336 e. The predicted molar refractivity (Wildman–Crippen MR) is 124 cm³/mol. The number of piperazine rings is 1. The van der Waals surface area contributed by atoms with Crippen molar-refractivity contribution in [2.45, 2.75) is 0 Å². The number of hydrogen-bond donors (Lipinski definition) is 3. The number of rotatable bonds is 4. The summed E-state index contributed by atoms with van der Waals surface area (Å²) in [5, 5.41) is 8.26. The van der Waals surface area contributed by atoms with Crippen molar-refractivity contribution in [3.05, 3.63) is 75.0 Å². The molecule has 0 spiro atoms. The fourth-order valence-corrected chi connectivity index (χ4v) is 3.60. The highest BCUT2D eigenvalue weighted by Gasteiger charge is 2.17. The van der Waals surface area contributed by atoms with Crippen LogP contribution in [0.4, 0.5) is 5.69 Å². The van der Waals surface area contributed by atoms with E-state index in [9.17, 15) is 9.59 Å². The number of aromatic nitrogens is 1. The minimum absolute atomic E-state index is 0.00241. The Morgan fingerprint density at radius 2 is 1.84 bits per heavy atom. The summed E-state index contributed by atoms with van der Waals surface area (Å²) in [6.45, 7) is 2.99. The number of carbonyl (C=O) groups excluding carboxylic acids is 1. The van der Waals surface area contributed by atoms with Gasteiger partial charge in [-0.2, -0.15) is 5.10 Å². The van der Waals surface area contributed by atoms with Crippen LogP contribution in [0.5, 0.6) is 0 Å². The minimum atomic E-state index is -0.331. The van der Waals surface area contributed by atoms with Gasteiger partial charge in [0, 0.05) is 47.7 Å². The smallest absolute Gasteiger partial charge is 0.258 e. The molecule has 3 aromatic rings. The zero-order valence-electron chi connectivity index (χ0n) is 16.6. The van der Waals surface area contributed by atoms with Gasteiger partial charge in [0.25, 0.3) is 11.5 Å². The molecule has 1 saturated heterocycles. The highest BCUT2D eigenvalue weighted by molar-refractivity contribution is 6.38. The second-order valence-corrected chi connectivity index (χ2v) is 7.54. The molecule has 2 aromatic carbocycles. The third kappa shape index (κ3) is 4.65. The van der Waals surface area contributed by atoms with Gasteiger partial charge in [-0.05, 0) is 48.5 Å². The Labute approximate surface area is 183 Å². The van der Waals surface area contributed by atoms with Crippen molar-refractivity contribution in [2.75, 3.05) is 26.2 Å². The third-order valence-corrected chi connectivity index (χ3v) is 5.31. The van der Waals surface area contributed by atoms with Crippen LogP contribution in [0, 0.1) is 0 Å². The molecule has 0 aliphatic carbocycles. The highest BCUT2D eigenvalue weighted by Crippen LogP contribution is 2.18. The number of fused-ring (bicyclic) bond motifs is 1. The van der Waals surface area contributed by atoms with Crippen molar-refractivity contribution < 1.29 is 4.79 Å². The van der Waals surface area contributed by atoms with E-state index in [1.54, 1.807) is 48.5 Å². The van der Waals surface area contributed by atoms with Crippen LogP contribution < -0.4 is 16.7 Å². The lowest BCUT2D eigenvalue weighted by atomic mass is 10.1. The lowest BCUT2D eigenvalue weighted by molar-refractivity contribution is 0.0736. The number of halogens is 1. The zero-order valence-corrected chi connectivity index (χ0v) is 17.4. The highest BCUT2D eigenvalue weighted by atomic mass is 35.5. The molecule has 31 heavy (non-hydrogen) atoms. The Kier molecular flexibility index (Phi) is 6.11. The number of H-pyrrole nitrogens is 1. The fourth-order valence-electron chi connectivity index (χ4n) is 3.42. The maximum atomic E-state index is 12.6. The average Bonchev–Trinajstić information content (AvgIpc) is 2.80. The normalized spacial score (nSPS) is 15.0. The largest absolute Gasteiger partial charge is 0.336 e. The summed E-state index contributed by atoms with van der Waals surface area (Å²) in [4.78, 5) is 34.0. The SMILES string of the molecule is NN=C(C=Nc1ccc(C(=O)N2CCNCC2)cc1)c1cc2cc(Cl)ccc2[nH]c1=O. The van der Waals surface area contributed by atoms with E-state index in [0.29, 0.717) is 34.9 Å². The molecule has 1 fully saturated rings. The lowest BCUT2D eigenvalue weighted by Crippen LogP contribution is -2.46. The first-order valence-corrected chi connectivity index (χ1v) is 10.2. The van der Waals surface area contributed by atoms with Crippen molar-refractivity contribution in [3.63, 3.8) is 0 Å². The molecule has 9 heteroatoms. The van der Waals surface area contributed by atoms with E-state index in [1.807, 2.05) is 4.90 Å². The quantitative estimate of drug-likeness (QED) is 0.330. The van der Waals surface area contributed by atoms with Crippen LogP contribution >= 0.6 is 11.6 Å². The van der Waals surface area contributed by atoms with Crippen molar-refractivity contribution in [2.24, 2.45) is 15.9 Å². The first kappa shape index (κ1) is 20.8. The monoisotopic (exact) mass is 436 g/mol. The molecule has 0 saturated carbocycles. The molecule has 2 heterocycles. The lowest BCUT2D eigenvalue weighted by Gasteiger charge is -2.27. The molecular formula is C22H21ClN6O2. The summed E-state index contributed by atoms with van der Waals surface area (Å²) >= 11 is 6.05. The van der Waals surface area contributed by atoms with Crippen LogP contribution in [0.25, 0.3) is 10.9 Å². The number of aliphatic imine (C=N–C) groups is 1. The van der Waals surface area contributed by atoms with Gasteiger partial charge in [0.1, 0.15) is 5.71 Å². The van der Waals surface area contributed by atoms with Gasteiger partial charge in [0.2, 0.25) is 0 Å². The van der Waals surface area contributed by atoms with Gasteiger partial charge in [0.05, 0.1) is 17.5 Å². The number of benzene rings is 2. The Bertz CT molecular complexity index is 1230. The average molecular weight is 437 g/mol. The van der Waals surface area contributed by atoms with Crippen molar-refractivity contribution >= 4 is 46.0 Å². The van der Waals surface area contributed by atoms with Crippen LogP contribution in [-0.2, 0) is 0 Å². The van der Waals surface area contributed by atoms with E-state index >= 15 is 0 Å². The molecule has 0 atom stereocenters. The first-order valence-electron chi connectivity index (χ1n) is 9.80. The van der Waals surface area contributed by atoms with Crippen LogP contribution in [0.3, 0.4) is 0 Å². The van der Waals surface area contributed by atoms with Gasteiger partial charge in [-0.15, -0.1) is 0 Å². The van der Waals surface area contributed by atoms with E-state index < -0.39 is 0 Å². The van der Waals surface area contributed by atoms with E-state index in [0.717, 1.165) is 18.5 Å².